The van der Waals surface area contributed by atoms with Crippen LogP contribution in [0.1, 0.15) is 15.9 Å². The lowest BCUT2D eigenvalue weighted by Crippen LogP contribution is -2.28. The number of H-pyrrole nitrogens is 2. The van der Waals surface area contributed by atoms with Crippen molar-refractivity contribution in [2.75, 3.05) is 20.7 Å². The summed E-state index contributed by atoms with van der Waals surface area (Å²) in [6.45, 7) is 0.598. The van der Waals surface area contributed by atoms with Gasteiger partial charge in [-0.15, -0.1) is 0 Å². The lowest BCUT2D eigenvalue weighted by atomic mass is 10.1. The molecule has 1 amide bonds. The van der Waals surface area contributed by atoms with E-state index in [-0.39, 0.29) is 5.91 Å². The molecule has 0 atom stereocenters. The van der Waals surface area contributed by atoms with E-state index in [1.54, 1.807) is 31.5 Å². The molecular weight excluding hydrogens is 306 g/mol. The molecule has 1 aromatic carbocycles. The van der Waals surface area contributed by atoms with Crippen LogP contribution in [0.25, 0.3) is 11.3 Å². The van der Waals surface area contributed by atoms with E-state index in [2.05, 4.69) is 20.4 Å². The van der Waals surface area contributed by atoms with Crippen molar-refractivity contribution in [1.82, 2.24) is 25.3 Å². The Bertz CT molecular complexity index is 810. The van der Waals surface area contributed by atoms with E-state index in [0.717, 1.165) is 23.3 Å². The first-order chi connectivity index (χ1) is 11.7. The van der Waals surface area contributed by atoms with Gasteiger partial charge in [0.1, 0.15) is 5.75 Å². The van der Waals surface area contributed by atoms with Crippen molar-refractivity contribution >= 4 is 5.91 Å². The molecule has 3 rings (SSSR count). The van der Waals surface area contributed by atoms with Gasteiger partial charge in [0, 0.05) is 25.4 Å². The average molecular weight is 325 g/mol. The minimum absolute atomic E-state index is 0.0786. The Hall–Kier alpha value is -3.09. The first kappa shape index (κ1) is 15.8. The van der Waals surface area contributed by atoms with Crippen LogP contribution in [-0.4, -0.2) is 51.9 Å². The number of carbonyl (C=O) groups is 1. The Kier molecular flexibility index (Phi) is 4.60. The fourth-order valence-corrected chi connectivity index (χ4v) is 2.47. The molecule has 0 saturated carbocycles. The molecule has 0 aliphatic heterocycles. The quantitative estimate of drug-likeness (QED) is 0.727. The van der Waals surface area contributed by atoms with E-state index in [1.165, 1.54) is 0 Å². The van der Waals surface area contributed by atoms with Gasteiger partial charge in [-0.25, -0.2) is 0 Å². The maximum Gasteiger partial charge on any atom is 0.257 e. The van der Waals surface area contributed by atoms with Crippen molar-refractivity contribution in [2.45, 2.75) is 6.42 Å². The van der Waals surface area contributed by atoms with Crippen molar-refractivity contribution < 1.29 is 9.53 Å². The standard InChI is InChI=1S/C17H19N5O2/c1-22(7-6-12-9-18-19-10-12)17(23)15-11-20-21-16(15)13-4-3-5-14(8-13)24-2/h3-5,8-11H,6-7H2,1-2H3,(H,18,19)(H,20,21). The number of aromatic nitrogens is 4. The number of likely N-dealkylation sites (N-methyl/N-ethyl adjacent to an activating group) is 1. The number of amides is 1. The second kappa shape index (κ2) is 6.99. The van der Waals surface area contributed by atoms with Gasteiger partial charge in [-0.05, 0) is 24.1 Å². The SMILES string of the molecule is COc1cccc(-c2[nH]ncc2C(=O)N(C)CCc2cn[nH]c2)c1. The van der Waals surface area contributed by atoms with Gasteiger partial charge >= 0.3 is 0 Å². The fraction of sp³-hybridized carbons (Fsp3) is 0.235. The molecule has 24 heavy (non-hydrogen) atoms. The lowest BCUT2D eigenvalue weighted by molar-refractivity contribution is 0.0797. The second-order valence-corrected chi connectivity index (χ2v) is 5.47. The van der Waals surface area contributed by atoms with Gasteiger partial charge in [0.15, 0.2) is 0 Å². The van der Waals surface area contributed by atoms with Gasteiger partial charge in [-0.2, -0.15) is 10.2 Å². The molecule has 0 saturated heterocycles. The van der Waals surface area contributed by atoms with Crippen molar-refractivity contribution in [3.05, 3.63) is 54.0 Å². The molecule has 0 unspecified atom stereocenters. The highest BCUT2D eigenvalue weighted by Gasteiger charge is 2.19. The number of hydrogen-bond acceptors (Lipinski definition) is 4. The third-order valence-electron chi connectivity index (χ3n) is 3.87. The topological polar surface area (TPSA) is 86.9 Å². The Morgan fingerprint density at radius 1 is 1.29 bits per heavy atom. The third kappa shape index (κ3) is 3.29. The molecule has 2 aromatic heterocycles. The Morgan fingerprint density at radius 3 is 2.92 bits per heavy atom. The first-order valence-corrected chi connectivity index (χ1v) is 7.60. The second-order valence-electron chi connectivity index (χ2n) is 5.47. The summed E-state index contributed by atoms with van der Waals surface area (Å²) in [5.74, 6) is 0.652. The van der Waals surface area contributed by atoms with Crippen LogP contribution >= 0.6 is 0 Å². The molecule has 0 bridgehead atoms. The molecule has 7 nitrogen and oxygen atoms in total. The molecule has 0 spiro atoms. The molecule has 3 aromatic rings. The first-order valence-electron chi connectivity index (χ1n) is 7.60. The summed E-state index contributed by atoms with van der Waals surface area (Å²) in [5.41, 5.74) is 3.15. The van der Waals surface area contributed by atoms with Crippen LogP contribution in [0.2, 0.25) is 0 Å². The number of aromatic amines is 2. The molecule has 0 fully saturated rings. The summed E-state index contributed by atoms with van der Waals surface area (Å²) in [4.78, 5) is 14.4. The Labute approximate surface area is 139 Å². The summed E-state index contributed by atoms with van der Waals surface area (Å²) in [7, 11) is 3.40. The Balaban J connectivity index is 1.77. The maximum absolute atomic E-state index is 12.7. The highest BCUT2D eigenvalue weighted by molar-refractivity contribution is 5.99. The van der Waals surface area contributed by atoms with E-state index in [1.807, 2.05) is 30.5 Å². The van der Waals surface area contributed by atoms with Crippen LogP contribution in [0.5, 0.6) is 5.75 Å². The van der Waals surface area contributed by atoms with Crippen LogP contribution in [0.15, 0.2) is 42.9 Å². The van der Waals surface area contributed by atoms with Crippen LogP contribution in [-0.2, 0) is 6.42 Å². The summed E-state index contributed by atoms with van der Waals surface area (Å²) in [5, 5.41) is 13.6. The van der Waals surface area contributed by atoms with Crippen LogP contribution in [0, 0.1) is 0 Å². The molecule has 0 aliphatic carbocycles. The lowest BCUT2D eigenvalue weighted by Gasteiger charge is -2.16. The highest BCUT2D eigenvalue weighted by Crippen LogP contribution is 2.25. The average Bonchev–Trinajstić information content (AvgIpc) is 3.30. The van der Waals surface area contributed by atoms with Gasteiger partial charge in [0.05, 0.1) is 30.8 Å². The molecule has 0 aliphatic rings. The summed E-state index contributed by atoms with van der Waals surface area (Å²) in [6, 6.07) is 7.53. The summed E-state index contributed by atoms with van der Waals surface area (Å²) < 4.78 is 5.24. The van der Waals surface area contributed by atoms with E-state index in [4.69, 9.17) is 4.74 Å². The molecular formula is C17H19N5O2. The van der Waals surface area contributed by atoms with E-state index >= 15 is 0 Å². The smallest absolute Gasteiger partial charge is 0.257 e. The van der Waals surface area contributed by atoms with E-state index in [0.29, 0.717) is 17.8 Å². The van der Waals surface area contributed by atoms with E-state index in [9.17, 15) is 4.79 Å². The largest absolute Gasteiger partial charge is 0.497 e. The molecule has 124 valence electrons. The van der Waals surface area contributed by atoms with Gasteiger partial charge in [-0.3, -0.25) is 15.0 Å². The van der Waals surface area contributed by atoms with Crippen molar-refractivity contribution in [2.24, 2.45) is 0 Å². The summed E-state index contributed by atoms with van der Waals surface area (Å²) >= 11 is 0. The number of ether oxygens (including phenoxy) is 1. The highest BCUT2D eigenvalue weighted by atomic mass is 16.5. The zero-order valence-corrected chi connectivity index (χ0v) is 13.6. The normalized spacial score (nSPS) is 10.6. The van der Waals surface area contributed by atoms with Gasteiger partial charge in [0.2, 0.25) is 0 Å². The Morgan fingerprint density at radius 2 is 2.17 bits per heavy atom. The molecule has 7 heteroatoms. The summed E-state index contributed by atoms with van der Waals surface area (Å²) in [6.07, 6.45) is 5.90. The minimum atomic E-state index is -0.0786. The van der Waals surface area contributed by atoms with Gasteiger partial charge in [-0.1, -0.05) is 12.1 Å². The molecule has 2 N–H and O–H groups in total. The van der Waals surface area contributed by atoms with Gasteiger partial charge < -0.3 is 9.64 Å². The predicted octanol–water partition coefficient (Wildman–Crippen LogP) is 2.12. The van der Waals surface area contributed by atoms with Crippen LogP contribution in [0.4, 0.5) is 0 Å². The molecule has 2 heterocycles. The van der Waals surface area contributed by atoms with Crippen molar-refractivity contribution in [3.8, 4) is 17.0 Å². The van der Waals surface area contributed by atoms with Crippen molar-refractivity contribution in [3.63, 3.8) is 0 Å². The van der Waals surface area contributed by atoms with E-state index < -0.39 is 0 Å². The monoisotopic (exact) mass is 325 g/mol. The number of hydrogen-bond donors (Lipinski definition) is 2. The van der Waals surface area contributed by atoms with Crippen LogP contribution < -0.4 is 4.74 Å². The number of nitrogens with zero attached hydrogens (tertiary/aromatic N) is 3. The number of methoxy groups -OCH3 is 1. The van der Waals surface area contributed by atoms with Crippen molar-refractivity contribution in [1.29, 1.82) is 0 Å². The number of benzene rings is 1. The van der Waals surface area contributed by atoms with Gasteiger partial charge in [0.25, 0.3) is 5.91 Å². The number of rotatable bonds is 6. The minimum Gasteiger partial charge on any atom is -0.497 e. The number of nitrogens with one attached hydrogen (secondary N) is 2. The maximum atomic E-state index is 12.7. The third-order valence-corrected chi connectivity index (χ3v) is 3.87. The zero-order valence-electron chi connectivity index (χ0n) is 13.6. The zero-order chi connectivity index (χ0) is 16.9. The molecule has 0 radical (unpaired) electrons. The predicted molar refractivity (Wildman–Crippen MR) is 89.8 cm³/mol. The number of carbonyl (C=O) groups excluding carboxylic acids is 1. The fourth-order valence-electron chi connectivity index (χ4n) is 2.47. The van der Waals surface area contributed by atoms with Crippen LogP contribution in [0.3, 0.4) is 0 Å².